The number of ether oxygens (including phenoxy) is 2. The Morgan fingerprint density at radius 2 is 1.64 bits per heavy atom. The first-order chi connectivity index (χ1) is 12.4. The van der Waals surface area contributed by atoms with Crippen LogP contribution in [0.2, 0.25) is 0 Å². The Labute approximate surface area is 149 Å². The third kappa shape index (κ3) is 3.97. The van der Waals surface area contributed by atoms with Crippen LogP contribution in [0.25, 0.3) is 0 Å². The number of rotatable bonds is 5. The van der Waals surface area contributed by atoms with Crippen molar-refractivity contribution in [2.75, 3.05) is 31.1 Å². The first-order valence-electron chi connectivity index (χ1n) is 9.02. The Bertz CT molecular complexity index is 722. The second-order valence-corrected chi connectivity index (χ2v) is 6.65. The summed E-state index contributed by atoms with van der Waals surface area (Å²) in [6, 6.07) is 18.4. The third-order valence-corrected chi connectivity index (χ3v) is 4.88. The van der Waals surface area contributed by atoms with Gasteiger partial charge in [-0.1, -0.05) is 30.3 Å². The summed E-state index contributed by atoms with van der Waals surface area (Å²) in [6.07, 6.45) is 4.15. The van der Waals surface area contributed by atoms with Crippen LogP contribution in [-0.4, -0.2) is 26.2 Å². The van der Waals surface area contributed by atoms with Crippen LogP contribution in [0.1, 0.15) is 12.8 Å². The van der Waals surface area contributed by atoms with Crippen LogP contribution in [0.3, 0.4) is 0 Å². The zero-order valence-corrected chi connectivity index (χ0v) is 14.4. The molecule has 25 heavy (non-hydrogen) atoms. The van der Waals surface area contributed by atoms with Crippen molar-refractivity contribution in [3.63, 3.8) is 0 Å². The smallest absolute Gasteiger partial charge is 0.169 e. The van der Waals surface area contributed by atoms with Crippen molar-refractivity contribution in [2.45, 2.75) is 12.8 Å². The van der Waals surface area contributed by atoms with E-state index in [2.05, 4.69) is 40.5 Å². The van der Waals surface area contributed by atoms with Crippen molar-refractivity contribution in [3.8, 4) is 11.5 Å². The molecule has 4 nitrogen and oxygen atoms in total. The number of nitrogens with one attached hydrogen (secondary N) is 1. The van der Waals surface area contributed by atoms with Crippen molar-refractivity contribution in [1.82, 2.24) is 5.32 Å². The molecule has 0 aliphatic carbocycles. The fourth-order valence-corrected chi connectivity index (χ4v) is 3.44. The Hall–Kier alpha value is -2.46. The number of anilines is 1. The van der Waals surface area contributed by atoms with Gasteiger partial charge < -0.3 is 19.7 Å². The number of hydrogen-bond acceptors (Lipinski definition) is 4. The Morgan fingerprint density at radius 3 is 2.44 bits per heavy atom. The van der Waals surface area contributed by atoms with Crippen LogP contribution >= 0.6 is 0 Å². The van der Waals surface area contributed by atoms with E-state index in [4.69, 9.17) is 9.47 Å². The highest BCUT2D eigenvalue weighted by Gasteiger charge is 2.19. The molecule has 0 amide bonds. The van der Waals surface area contributed by atoms with Crippen molar-refractivity contribution in [3.05, 3.63) is 66.6 Å². The van der Waals surface area contributed by atoms with Gasteiger partial charge in [0.05, 0.1) is 6.54 Å². The molecule has 4 heteroatoms. The van der Waals surface area contributed by atoms with Gasteiger partial charge in [0.1, 0.15) is 6.26 Å². The van der Waals surface area contributed by atoms with Gasteiger partial charge in [0.25, 0.3) is 0 Å². The molecule has 0 aromatic heterocycles. The van der Waals surface area contributed by atoms with Gasteiger partial charge in [-0.3, -0.25) is 0 Å². The molecule has 2 aliphatic heterocycles. The van der Waals surface area contributed by atoms with Gasteiger partial charge in [-0.15, -0.1) is 0 Å². The molecule has 0 unspecified atom stereocenters. The SMILES string of the molecule is C1=C(CNCC2CCN(c3ccccc3)CC2)Oc2ccccc2O1. The number of piperidine rings is 1. The molecule has 2 aromatic carbocycles. The second kappa shape index (κ2) is 7.62. The molecule has 4 rings (SSSR count). The summed E-state index contributed by atoms with van der Waals surface area (Å²) >= 11 is 0. The van der Waals surface area contributed by atoms with E-state index in [1.807, 2.05) is 24.3 Å². The van der Waals surface area contributed by atoms with Crippen molar-refractivity contribution < 1.29 is 9.47 Å². The summed E-state index contributed by atoms with van der Waals surface area (Å²) < 4.78 is 11.5. The molecule has 1 saturated heterocycles. The minimum Gasteiger partial charge on any atom is -0.457 e. The van der Waals surface area contributed by atoms with Gasteiger partial charge >= 0.3 is 0 Å². The third-order valence-electron chi connectivity index (χ3n) is 4.88. The van der Waals surface area contributed by atoms with Gasteiger partial charge in [-0.05, 0) is 49.6 Å². The van der Waals surface area contributed by atoms with E-state index < -0.39 is 0 Å². The minimum atomic E-state index is 0.702. The molecule has 0 spiro atoms. The molecule has 0 saturated carbocycles. The first kappa shape index (κ1) is 16.0. The lowest BCUT2D eigenvalue weighted by atomic mass is 9.96. The van der Waals surface area contributed by atoms with Crippen LogP contribution in [0, 0.1) is 5.92 Å². The Morgan fingerprint density at radius 1 is 0.920 bits per heavy atom. The fraction of sp³-hybridized carbons (Fsp3) is 0.333. The summed E-state index contributed by atoms with van der Waals surface area (Å²) in [4.78, 5) is 2.48. The maximum absolute atomic E-state index is 5.86. The van der Waals surface area contributed by atoms with Crippen LogP contribution in [0.4, 0.5) is 5.69 Å². The summed E-state index contributed by atoms with van der Waals surface area (Å²) in [5, 5.41) is 3.52. The van der Waals surface area contributed by atoms with Gasteiger partial charge in [-0.25, -0.2) is 0 Å². The summed E-state index contributed by atoms with van der Waals surface area (Å²) in [7, 11) is 0. The average molecular weight is 336 g/mol. The molecular weight excluding hydrogens is 312 g/mol. The summed E-state index contributed by atoms with van der Waals surface area (Å²) in [5.41, 5.74) is 1.34. The summed E-state index contributed by atoms with van der Waals surface area (Å²) in [5.74, 6) is 3.12. The molecule has 2 aromatic rings. The number of nitrogens with zero attached hydrogens (tertiary/aromatic N) is 1. The molecule has 1 N–H and O–H groups in total. The average Bonchev–Trinajstić information content (AvgIpc) is 2.69. The highest BCUT2D eigenvalue weighted by atomic mass is 16.6. The molecule has 2 heterocycles. The number of benzene rings is 2. The maximum atomic E-state index is 5.86. The largest absolute Gasteiger partial charge is 0.457 e. The molecule has 1 fully saturated rings. The molecule has 0 radical (unpaired) electrons. The van der Waals surface area contributed by atoms with Crippen LogP contribution < -0.4 is 19.7 Å². The van der Waals surface area contributed by atoms with Crippen LogP contribution in [-0.2, 0) is 0 Å². The van der Waals surface area contributed by atoms with Gasteiger partial charge in [0.15, 0.2) is 17.3 Å². The monoisotopic (exact) mass is 336 g/mol. The predicted octanol–water partition coefficient (Wildman–Crippen LogP) is 3.81. The van der Waals surface area contributed by atoms with E-state index in [1.54, 1.807) is 6.26 Å². The lowest BCUT2D eigenvalue weighted by Gasteiger charge is -2.33. The molecule has 0 atom stereocenters. The van der Waals surface area contributed by atoms with E-state index in [9.17, 15) is 0 Å². The van der Waals surface area contributed by atoms with Gasteiger partial charge in [0.2, 0.25) is 0 Å². The minimum absolute atomic E-state index is 0.702. The van der Waals surface area contributed by atoms with E-state index in [0.717, 1.165) is 42.8 Å². The lowest BCUT2D eigenvalue weighted by molar-refractivity contribution is 0.307. The quantitative estimate of drug-likeness (QED) is 0.900. The van der Waals surface area contributed by atoms with E-state index >= 15 is 0 Å². The number of fused-ring (bicyclic) bond motifs is 1. The highest BCUT2D eigenvalue weighted by molar-refractivity contribution is 5.46. The second-order valence-electron chi connectivity index (χ2n) is 6.65. The normalized spacial score (nSPS) is 17.3. The number of hydrogen-bond donors (Lipinski definition) is 1. The zero-order chi connectivity index (χ0) is 16.9. The lowest BCUT2D eigenvalue weighted by Crippen LogP contribution is -2.37. The maximum Gasteiger partial charge on any atom is 0.169 e. The highest BCUT2D eigenvalue weighted by Crippen LogP contribution is 2.31. The topological polar surface area (TPSA) is 33.7 Å². The van der Waals surface area contributed by atoms with Crippen molar-refractivity contribution in [2.24, 2.45) is 5.92 Å². The van der Waals surface area contributed by atoms with Crippen LogP contribution in [0.5, 0.6) is 11.5 Å². The van der Waals surface area contributed by atoms with Crippen LogP contribution in [0.15, 0.2) is 66.6 Å². The standard InChI is InChI=1S/C21H24N2O2/c1-2-6-18(7-3-1)23-12-10-17(11-13-23)14-22-15-19-16-24-20-8-4-5-9-21(20)25-19/h1-9,16-17,22H,10-15H2. The zero-order valence-electron chi connectivity index (χ0n) is 14.4. The Balaban J connectivity index is 1.20. The predicted molar refractivity (Wildman–Crippen MR) is 100 cm³/mol. The van der Waals surface area contributed by atoms with E-state index in [-0.39, 0.29) is 0 Å². The first-order valence-corrected chi connectivity index (χ1v) is 9.02. The molecule has 0 bridgehead atoms. The van der Waals surface area contributed by atoms with Gasteiger partial charge in [-0.2, -0.15) is 0 Å². The van der Waals surface area contributed by atoms with Crippen molar-refractivity contribution >= 4 is 5.69 Å². The van der Waals surface area contributed by atoms with Gasteiger partial charge in [0, 0.05) is 18.8 Å². The summed E-state index contributed by atoms with van der Waals surface area (Å²) in [6.45, 7) is 3.98. The van der Waals surface area contributed by atoms with E-state index in [1.165, 1.54) is 18.5 Å². The fourth-order valence-electron chi connectivity index (χ4n) is 3.44. The number of para-hydroxylation sites is 3. The molecule has 130 valence electrons. The molecular formula is C21H24N2O2. The van der Waals surface area contributed by atoms with Crippen molar-refractivity contribution in [1.29, 1.82) is 0 Å². The molecule has 2 aliphatic rings. The Kier molecular flexibility index (Phi) is 4.89. The van der Waals surface area contributed by atoms with E-state index in [0.29, 0.717) is 6.54 Å².